The van der Waals surface area contributed by atoms with Gasteiger partial charge >= 0.3 is 5.91 Å². The summed E-state index contributed by atoms with van der Waals surface area (Å²) in [6.07, 6.45) is 0. The number of likely N-dealkylation sites (N-methyl/N-ethyl adjacent to an activating group) is 1. The first-order chi connectivity index (χ1) is 10.4. The van der Waals surface area contributed by atoms with E-state index in [0.717, 1.165) is 5.56 Å². The van der Waals surface area contributed by atoms with Gasteiger partial charge in [0.15, 0.2) is 0 Å². The molecule has 3 nitrogen and oxygen atoms in total. The Kier molecular flexibility index (Phi) is 5.11. The minimum absolute atomic E-state index is 0.00252. The number of amides is 1. The van der Waals surface area contributed by atoms with E-state index in [2.05, 4.69) is 0 Å². The molecule has 1 unspecified atom stereocenters. The van der Waals surface area contributed by atoms with Gasteiger partial charge in [-0.05, 0) is 6.07 Å². The normalized spacial score (nSPS) is 13.4. The van der Waals surface area contributed by atoms with Crippen LogP contribution in [0.5, 0.6) is 0 Å². The molecule has 0 aliphatic heterocycles. The zero-order valence-electron chi connectivity index (χ0n) is 12.8. The van der Waals surface area contributed by atoms with Gasteiger partial charge < -0.3 is 0 Å². The molecule has 0 heterocycles. The number of nitrogens with zero attached hydrogens (tertiary/aromatic N) is 1. The number of hydrogen-bond donors (Lipinski definition) is 0. The van der Waals surface area contributed by atoms with Crippen LogP contribution in [0.4, 0.5) is 0 Å². The Bertz CT molecular complexity index is 684. The quantitative estimate of drug-likeness (QED) is 0.622. The molecule has 0 N–H and O–H groups in total. The number of halogens is 1. The Labute approximate surface area is 135 Å². The molecule has 0 spiro atoms. The highest BCUT2D eigenvalue weighted by atomic mass is 35.5. The van der Waals surface area contributed by atoms with E-state index < -0.39 is 0 Å². The minimum atomic E-state index is -0.0656. The van der Waals surface area contributed by atoms with E-state index in [1.807, 2.05) is 36.4 Å². The lowest BCUT2D eigenvalue weighted by Gasteiger charge is -2.30. The van der Waals surface area contributed by atoms with Crippen molar-refractivity contribution in [3.8, 4) is 0 Å². The van der Waals surface area contributed by atoms with E-state index in [-0.39, 0.29) is 22.7 Å². The second-order valence-electron chi connectivity index (χ2n) is 5.61. The van der Waals surface area contributed by atoms with Gasteiger partial charge in [0, 0.05) is 16.1 Å². The van der Waals surface area contributed by atoms with E-state index in [9.17, 15) is 9.59 Å². The molecule has 0 aliphatic rings. The van der Waals surface area contributed by atoms with Gasteiger partial charge in [-0.3, -0.25) is 9.28 Å². The third-order valence-electron chi connectivity index (χ3n) is 3.83. The monoisotopic (exact) mass is 316 g/mol. The maximum absolute atomic E-state index is 12.4. The summed E-state index contributed by atoms with van der Waals surface area (Å²) in [4.78, 5) is 24.6. The molecule has 0 fully saturated rings. The van der Waals surface area contributed by atoms with E-state index >= 15 is 0 Å². The van der Waals surface area contributed by atoms with Crippen molar-refractivity contribution in [1.29, 1.82) is 0 Å². The number of benzene rings is 2. The summed E-state index contributed by atoms with van der Waals surface area (Å²) in [6, 6.07) is 16.4. The van der Waals surface area contributed by atoms with Crippen molar-refractivity contribution >= 4 is 23.3 Å². The average molecular weight is 317 g/mol. The van der Waals surface area contributed by atoms with Crippen LogP contribution in [0.2, 0.25) is 5.02 Å². The van der Waals surface area contributed by atoms with Gasteiger partial charge in [-0.25, -0.2) is 4.79 Å². The van der Waals surface area contributed by atoms with E-state index in [1.165, 1.54) is 6.92 Å². The Morgan fingerprint density at radius 2 is 1.59 bits per heavy atom. The summed E-state index contributed by atoms with van der Waals surface area (Å²) in [7, 11) is 1.77. The SMILES string of the molecule is CC(=O)[N+](C)(CC(=O)c1ccccc1)Cc1ccccc1Cl. The maximum atomic E-state index is 12.4. The second kappa shape index (κ2) is 6.86. The maximum Gasteiger partial charge on any atom is 0.311 e. The van der Waals surface area contributed by atoms with Gasteiger partial charge in [0.05, 0.1) is 14.0 Å². The Hall–Kier alpha value is -1.97. The molecule has 2 aromatic rings. The molecule has 0 aliphatic carbocycles. The molecule has 0 saturated carbocycles. The summed E-state index contributed by atoms with van der Waals surface area (Å²) in [5, 5.41) is 0.611. The summed E-state index contributed by atoms with van der Waals surface area (Å²) in [6.45, 7) is 2.02. The molecule has 1 amide bonds. The number of carbonyl (C=O) groups is 2. The van der Waals surface area contributed by atoms with E-state index in [4.69, 9.17) is 11.6 Å². The van der Waals surface area contributed by atoms with Crippen LogP contribution in [-0.2, 0) is 11.3 Å². The highest BCUT2D eigenvalue weighted by Gasteiger charge is 2.32. The summed E-state index contributed by atoms with van der Waals surface area (Å²) >= 11 is 6.18. The summed E-state index contributed by atoms with van der Waals surface area (Å²) in [5.41, 5.74) is 1.48. The smallest absolute Gasteiger partial charge is 0.288 e. The molecule has 0 aromatic heterocycles. The first-order valence-corrected chi connectivity index (χ1v) is 7.47. The number of Topliss-reactive ketones (excluding diaryl/α,β-unsaturated/α-hetero) is 1. The van der Waals surface area contributed by atoms with Gasteiger partial charge in [0.25, 0.3) is 0 Å². The van der Waals surface area contributed by atoms with Crippen molar-refractivity contribution < 1.29 is 14.1 Å². The molecule has 0 bridgehead atoms. The molecule has 114 valence electrons. The zero-order chi connectivity index (χ0) is 16.2. The Morgan fingerprint density at radius 3 is 2.18 bits per heavy atom. The predicted octanol–water partition coefficient (Wildman–Crippen LogP) is 3.72. The minimum Gasteiger partial charge on any atom is -0.288 e. The number of quaternary nitrogens is 1. The first-order valence-electron chi connectivity index (χ1n) is 7.10. The molecule has 1 atom stereocenters. The summed E-state index contributed by atoms with van der Waals surface area (Å²) < 4.78 is -0.00252. The average Bonchev–Trinajstić information content (AvgIpc) is 2.50. The van der Waals surface area contributed by atoms with Crippen molar-refractivity contribution in [2.45, 2.75) is 13.5 Å². The van der Waals surface area contributed by atoms with Gasteiger partial charge in [-0.15, -0.1) is 0 Å². The number of ketones is 1. The number of carbonyl (C=O) groups excluding carboxylic acids is 2. The topological polar surface area (TPSA) is 34.1 Å². The highest BCUT2D eigenvalue weighted by Crippen LogP contribution is 2.21. The van der Waals surface area contributed by atoms with Gasteiger partial charge in [-0.2, -0.15) is 0 Å². The lowest BCUT2D eigenvalue weighted by atomic mass is 10.1. The van der Waals surface area contributed by atoms with Crippen molar-refractivity contribution in [3.05, 3.63) is 70.7 Å². The number of hydrogen-bond acceptors (Lipinski definition) is 2. The van der Waals surface area contributed by atoms with E-state index in [0.29, 0.717) is 17.1 Å². The number of rotatable bonds is 5. The van der Waals surface area contributed by atoms with Crippen LogP contribution < -0.4 is 0 Å². The molecule has 4 heteroatoms. The lowest BCUT2D eigenvalue weighted by molar-refractivity contribution is -0.838. The molecule has 22 heavy (non-hydrogen) atoms. The standard InChI is InChI=1S/C18H19ClNO2/c1-14(21)20(2,12-16-10-6-7-11-17(16)19)13-18(22)15-8-4-3-5-9-15/h3-11H,12-13H2,1-2H3/q+1. The van der Waals surface area contributed by atoms with Crippen LogP contribution in [0.1, 0.15) is 22.8 Å². The molecular formula is C18H19ClNO2+. The molecule has 0 saturated heterocycles. The van der Waals surface area contributed by atoms with Crippen LogP contribution in [0.3, 0.4) is 0 Å². The van der Waals surface area contributed by atoms with Crippen LogP contribution in [0, 0.1) is 0 Å². The molecule has 2 aromatic carbocycles. The summed E-state index contributed by atoms with van der Waals surface area (Å²) in [5.74, 6) is -0.116. The second-order valence-corrected chi connectivity index (χ2v) is 6.02. The first kappa shape index (κ1) is 16.4. The third-order valence-corrected chi connectivity index (χ3v) is 4.19. The fourth-order valence-electron chi connectivity index (χ4n) is 2.31. The fraction of sp³-hybridized carbons (Fsp3) is 0.222. The fourth-order valence-corrected chi connectivity index (χ4v) is 2.51. The van der Waals surface area contributed by atoms with Crippen LogP contribution in [0.15, 0.2) is 54.6 Å². The largest absolute Gasteiger partial charge is 0.311 e. The van der Waals surface area contributed by atoms with Crippen LogP contribution >= 0.6 is 11.6 Å². The zero-order valence-corrected chi connectivity index (χ0v) is 13.5. The molecular weight excluding hydrogens is 298 g/mol. The van der Waals surface area contributed by atoms with Crippen LogP contribution in [-0.4, -0.2) is 29.8 Å². The molecule has 0 radical (unpaired) electrons. The van der Waals surface area contributed by atoms with Crippen molar-refractivity contribution in [2.75, 3.05) is 13.6 Å². The lowest BCUT2D eigenvalue weighted by Crippen LogP contribution is -2.50. The van der Waals surface area contributed by atoms with E-state index in [1.54, 1.807) is 25.2 Å². The van der Waals surface area contributed by atoms with Crippen molar-refractivity contribution in [1.82, 2.24) is 0 Å². The predicted molar refractivity (Wildman–Crippen MR) is 87.7 cm³/mol. The Balaban J connectivity index is 2.24. The Morgan fingerprint density at radius 1 is 1.00 bits per heavy atom. The van der Waals surface area contributed by atoms with Gasteiger partial charge in [0.1, 0.15) is 13.1 Å². The van der Waals surface area contributed by atoms with Crippen LogP contribution in [0.25, 0.3) is 0 Å². The van der Waals surface area contributed by atoms with Crippen molar-refractivity contribution in [2.24, 2.45) is 0 Å². The molecule has 2 rings (SSSR count). The highest BCUT2D eigenvalue weighted by molar-refractivity contribution is 6.31. The van der Waals surface area contributed by atoms with Crippen molar-refractivity contribution in [3.63, 3.8) is 0 Å². The van der Waals surface area contributed by atoms with Gasteiger partial charge in [-0.1, -0.05) is 60.1 Å². The third kappa shape index (κ3) is 3.81. The van der Waals surface area contributed by atoms with Gasteiger partial charge in [0.2, 0.25) is 5.78 Å².